The molecule has 1 aromatic rings. The van der Waals surface area contributed by atoms with Crippen molar-refractivity contribution in [1.29, 1.82) is 5.26 Å². The topological polar surface area (TPSA) is 23.8 Å². The maximum absolute atomic E-state index is 8.90. The minimum Gasteiger partial charge on any atom is -0.192 e. The lowest BCUT2D eigenvalue weighted by atomic mass is 10.1. The van der Waals surface area contributed by atoms with Crippen LogP contribution < -0.4 is 0 Å². The molecule has 0 unspecified atom stereocenters. The lowest BCUT2D eigenvalue weighted by Crippen LogP contribution is -1.88. The van der Waals surface area contributed by atoms with Crippen molar-refractivity contribution in [3.8, 4) is 6.07 Å². The smallest absolute Gasteiger partial charge is 0.100 e. The van der Waals surface area contributed by atoms with Crippen LogP contribution in [0, 0.1) is 17.4 Å². The minimum atomic E-state index is 0.796. The first kappa shape index (κ1) is 8.65. The quantitative estimate of drug-likeness (QED) is 0.625. The zero-order valence-electron chi connectivity index (χ0n) is 7.34. The molecule has 0 saturated heterocycles. The van der Waals surface area contributed by atoms with Gasteiger partial charge in [-0.05, 0) is 48.8 Å². The summed E-state index contributed by atoms with van der Waals surface area (Å²) in [4.78, 5) is 1.19. The Morgan fingerprint density at radius 2 is 2.31 bits per heavy atom. The molecule has 0 N–H and O–H groups in total. The second-order valence-corrected chi connectivity index (χ2v) is 4.25. The number of nitriles is 1. The maximum Gasteiger partial charge on any atom is 0.100 e. The van der Waals surface area contributed by atoms with E-state index in [9.17, 15) is 0 Å². The van der Waals surface area contributed by atoms with Gasteiger partial charge in [0.05, 0.1) is 5.56 Å². The molecule has 0 aliphatic carbocycles. The summed E-state index contributed by atoms with van der Waals surface area (Å²) in [6.45, 7) is 0. The summed E-state index contributed by atoms with van der Waals surface area (Å²) in [5.74, 6) is 1.14. The van der Waals surface area contributed by atoms with Gasteiger partial charge >= 0.3 is 0 Å². The molecule has 0 fully saturated rings. The van der Waals surface area contributed by atoms with Crippen molar-refractivity contribution in [1.82, 2.24) is 0 Å². The number of fused-ring (bicyclic) bond motifs is 1. The van der Waals surface area contributed by atoms with Crippen LogP contribution >= 0.6 is 11.8 Å². The van der Waals surface area contributed by atoms with E-state index in [0.29, 0.717) is 0 Å². The number of rotatable bonds is 0. The minimum absolute atomic E-state index is 0.796. The van der Waals surface area contributed by atoms with Crippen molar-refractivity contribution in [2.24, 2.45) is 0 Å². The third-order valence-electron chi connectivity index (χ3n) is 2.23. The Kier molecular flexibility index (Phi) is 2.56. The first-order valence-electron chi connectivity index (χ1n) is 4.47. The molecule has 0 atom stereocenters. The molecular weight excluding hydrogens is 178 g/mol. The van der Waals surface area contributed by atoms with E-state index in [1.807, 2.05) is 17.8 Å². The van der Waals surface area contributed by atoms with Crippen LogP contribution in [0.1, 0.15) is 24.0 Å². The maximum atomic E-state index is 8.90. The third kappa shape index (κ3) is 1.71. The molecule has 0 amide bonds. The molecule has 2 rings (SSSR count). The van der Waals surface area contributed by atoms with E-state index in [1.165, 1.54) is 23.3 Å². The highest BCUT2D eigenvalue weighted by Gasteiger charge is 2.11. The number of hydrogen-bond acceptors (Lipinski definition) is 2. The van der Waals surface area contributed by atoms with Crippen LogP contribution in [0.2, 0.25) is 0 Å². The Morgan fingerprint density at radius 3 is 3.15 bits per heavy atom. The molecule has 1 radical (unpaired) electrons. The van der Waals surface area contributed by atoms with E-state index in [4.69, 9.17) is 5.26 Å². The normalized spacial score (nSPS) is 15.6. The van der Waals surface area contributed by atoms with Gasteiger partial charge in [0.2, 0.25) is 0 Å². The van der Waals surface area contributed by atoms with Crippen LogP contribution in [0.4, 0.5) is 0 Å². The van der Waals surface area contributed by atoms with Crippen molar-refractivity contribution in [2.45, 2.75) is 24.2 Å². The highest BCUT2D eigenvalue weighted by Crippen LogP contribution is 2.31. The Labute approximate surface area is 82.8 Å². The number of benzene rings is 1. The highest BCUT2D eigenvalue weighted by atomic mass is 32.2. The van der Waals surface area contributed by atoms with Crippen molar-refractivity contribution in [3.05, 3.63) is 29.3 Å². The molecule has 65 valence electrons. The van der Waals surface area contributed by atoms with Crippen molar-refractivity contribution < 1.29 is 0 Å². The number of hydrogen-bond donors (Lipinski definition) is 0. The average molecular weight is 188 g/mol. The predicted molar refractivity (Wildman–Crippen MR) is 53.7 cm³/mol. The van der Waals surface area contributed by atoms with Gasteiger partial charge in [-0.25, -0.2) is 0 Å². The summed E-state index contributed by atoms with van der Waals surface area (Å²) in [5, 5.41) is 8.90. The second-order valence-electron chi connectivity index (χ2n) is 3.14. The standard InChI is InChI=1S/C11H10NS/c12-8-10-6-3-5-9-4-1-2-7-13-11(9)10/h5-6H,1-2,4,7H2. The number of thioether (sulfide) groups is 1. The number of nitrogens with zero attached hydrogens (tertiary/aromatic N) is 1. The predicted octanol–water partition coefficient (Wildman–Crippen LogP) is 2.79. The molecular formula is C11H10NS. The zero-order valence-corrected chi connectivity index (χ0v) is 8.16. The molecule has 1 aliphatic rings. The molecule has 13 heavy (non-hydrogen) atoms. The Balaban J connectivity index is 2.47. The summed E-state index contributed by atoms with van der Waals surface area (Å²) < 4.78 is 0. The molecule has 2 heteroatoms. The molecule has 1 nitrogen and oxygen atoms in total. The van der Waals surface area contributed by atoms with E-state index in [0.717, 1.165) is 17.7 Å². The molecule has 0 bridgehead atoms. The lowest BCUT2D eigenvalue weighted by molar-refractivity contribution is 0.803. The van der Waals surface area contributed by atoms with Crippen LogP contribution in [0.5, 0.6) is 0 Å². The van der Waals surface area contributed by atoms with Gasteiger partial charge in [0.25, 0.3) is 0 Å². The molecule has 0 aromatic heterocycles. The first-order valence-corrected chi connectivity index (χ1v) is 5.46. The summed E-state index contributed by atoms with van der Waals surface area (Å²) in [5.41, 5.74) is 2.10. The lowest BCUT2D eigenvalue weighted by Gasteiger charge is -2.04. The highest BCUT2D eigenvalue weighted by molar-refractivity contribution is 7.99. The summed E-state index contributed by atoms with van der Waals surface area (Å²) in [6, 6.07) is 9.07. The molecule has 0 spiro atoms. The Morgan fingerprint density at radius 1 is 1.38 bits per heavy atom. The first-order chi connectivity index (χ1) is 6.42. The van der Waals surface area contributed by atoms with E-state index in [1.54, 1.807) is 6.07 Å². The van der Waals surface area contributed by atoms with Crippen molar-refractivity contribution in [2.75, 3.05) is 5.75 Å². The van der Waals surface area contributed by atoms with Gasteiger partial charge in [0.1, 0.15) is 6.07 Å². The fraction of sp³-hybridized carbons (Fsp3) is 0.364. The Bertz CT molecular complexity index is 352. The van der Waals surface area contributed by atoms with Crippen LogP contribution in [-0.4, -0.2) is 5.75 Å². The Hall–Kier alpha value is -0.940. The van der Waals surface area contributed by atoms with Crippen LogP contribution in [0.25, 0.3) is 0 Å². The van der Waals surface area contributed by atoms with Gasteiger partial charge in [-0.15, -0.1) is 11.8 Å². The average Bonchev–Trinajstić information content (AvgIpc) is 2.41. The van der Waals surface area contributed by atoms with E-state index >= 15 is 0 Å². The van der Waals surface area contributed by atoms with Crippen LogP contribution in [0.3, 0.4) is 0 Å². The van der Waals surface area contributed by atoms with Crippen molar-refractivity contribution in [3.63, 3.8) is 0 Å². The fourth-order valence-corrected chi connectivity index (χ4v) is 2.72. The monoisotopic (exact) mass is 188 g/mol. The van der Waals surface area contributed by atoms with E-state index in [-0.39, 0.29) is 0 Å². The van der Waals surface area contributed by atoms with Crippen molar-refractivity contribution >= 4 is 11.8 Å². The summed E-state index contributed by atoms with van der Waals surface area (Å²) >= 11 is 1.82. The fourth-order valence-electron chi connectivity index (χ4n) is 1.56. The second kappa shape index (κ2) is 3.85. The van der Waals surface area contributed by atoms with Gasteiger partial charge in [0.15, 0.2) is 0 Å². The van der Waals surface area contributed by atoms with Gasteiger partial charge in [-0.2, -0.15) is 5.26 Å². The third-order valence-corrected chi connectivity index (χ3v) is 3.49. The molecule has 1 aromatic carbocycles. The van der Waals surface area contributed by atoms with Gasteiger partial charge in [-0.3, -0.25) is 0 Å². The largest absolute Gasteiger partial charge is 0.192 e. The SMILES string of the molecule is N#Cc1c[c]cc2c1SCCCC2. The molecule has 1 heterocycles. The molecule has 0 saturated carbocycles. The molecule has 1 aliphatic heterocycles. The van der Waals surface area contributed by atoms with Crippen LogP contribution in [-0.2, 0) is 6.42 Å². The summed E-state index contributed by atoms with van der Waals surface area (Å²) in [6.07, 6.45) is 3.60. The van der Waals surface area contributed by atoms with Gasteiger partial charge < -0.3 is 0 Å². The summed E-state index contributed by atoms with van der Waals surface area (Å²) in [7, 11) is 0. The van der Waals surface area contributed by atoms with Crippen LogP contribution in [0.15, 0.2) is 17.0 Å². The number of aryl methyl sites for hydroxylation is 1. The van der Waals surface area contributed by atoms with E-state index in [2.05, 4.69) is 12.1 Å². The van der Waals surface area contributed by atoms with E-state index < -0.39 is 0 Å². The van der Waals surface area contributed by atoms with Gasteiger partial charge in [0, 0.05) is 4.90 Å². The zero-order chi connectivity index (χ0) is 9.10. The van der Waals surface area contributed by atoms with Gasteiger partial charge in [-0.1, -0.05) is 0 Å².